The van der Waals surface area contributed by atoms with Crippen LogP contribution in [0.4, 0.5) is 0 Å². The minimum absolute atomic E-state index is 0.0559. The molecule has 0 atom stereocenters. The number of carbonyl (C=O) groups is 1. The Morgan fingerprint density at radius 3 is 1.95 bits per heavy atom. The molecule has 1 aromatic rings. The number of H-pyrrole nitrogens is 2. The molecule has 3 N–H and O–H groups in total. The van der Waals surface area contributed by atoms with Crippen LogP contribution in [-0.2, 0) is 10.3 Å². The van der Waals surface area contributed by atoms with Gasteiger partial charge in [0.15, 0.2) is 0 Å². The smallest absolute Gasteiger partial charge is 0.334 e. The van der Waals surface area contributed by atoms with Crippen LogP contribution in [-0.4, -0.2) is 25.6 Å². The average molecular weight is 281 g/mol. The number of carboxylic acid groups (broad SMARTS) is 1. The van der Waals surface area contributed by atoms with Crippen LogP contribution in [0.3, 0.4) is 0 Å². The molecule has 0 aliphatic heterocycles. The van der Waals surface area contributed by atoms with E-state index in [2.05, 4.69) is 13.2 Å². The number of nitrogens with one attached hydrogen (secondary N) is 2. The zero-order valence-corrected chi connectivity index (χ0v) is 10.7. The Hall–Kier alpha value is -2.64. The maximum atomic E-state index is 11.9. The van der Waals surface area contributed by atoms with Gasteiger partial charge < -0.3 is 5.11 Å². The molecule has 1 aromatic heterocycles. The number of nitrogens with zero attached hydrogens (tertiary/aromatic N) is 1. The molecule has 20 heavy (non-hydrogen) atoms. The molecule has 108 valence electrons. The van der Waals surface area contributed by atoms with Gasteiger partial charge in [0, 0.05) is 0 Å². The summed E-state index contributed by atoms with van der Waals surface area (Å²) in [5.74, 6) is -1.19. The third-order valence-corrected chi connectivity index (χ3v) is 2.85. The second kappa shape index (κ2) is 6.00. The minimum atomic E-state index is -1.36. The lowest BCUT2D eigenvalue weighted by Gasteiger charge is -2.31. The van der Waals surface area contributed by atoms with Crippen molar-refractivity contribution in [3.63, 3.8) is 0 Å². The highest BCUT2D eigenvalue weighted by Crippen LogP contribution is 2.27. The molecule has 0 saturated heterocycles. The Morgan fingerprint density at radius 1 is 1.15 bits per heavy atom. The van der Waals surface area contributed by atoms with Crippen molar-refractivity contribution in [3.8, 4) is 0 Å². The standard InChI is InChI=1S/C12H15N3O5/c1-3-5-12(6-4-2,7-8(16)17)15-10(19)13-9(18)14-11(15)20/h3-4H,1-2,5-7H2,(H,16,17)(H2,13,14,18,19,20). The largest absolute Gasteiger partial charge is 0.481 e. The van der Waals surface area contributed by atoms with Crippen molar-refractivity contribution < 1.29 is 9.90 Å². The number of aromatic amines is 2. The predicted molar refractivity (Wildman–Crippen MR) is 71.8 cm³/mol. The third-order valence-electron chi connectivity index (χ3n) is 2.85. The van der Waals surface area contributed by atoms with Crippen LogP contribution in [0, 0.1) is 0 Å². The van der Waals surface area contributed by atoms with Crippen molar-refractivity contribution in [3.05, 3.63) is 56.8 Å². The van der Waals surface area contributed by atoms with Gasteiger partial charge in [-0.1, -0.05) is 12.2 Å². The van der Waals surface area contributed by atoms with E-state index in [1.165, 1.54) is 12.2 Å². The monoisotopic (exact) mass is 281 g/mol. The molecular formula is C12H15N3O5. The lowest BCUT2D eigenvalue weighted by atomic mass is 9.87. The van der Waals surface area contributed by atoms with Gasteiger partial charge in [-0.2, -0.15) is 0 Å². The molecule has 1 rings (SSSR count). The van der Waals surface area contributed by atoms with Crippen LogP contribution in [0.25, 0.3) is 0 Å². The van der Waals surface area contributed by atoms with Gasteiger partial charge in [-0.05, 0) is 12.8 Å². The van der Waals surface area contributed by atoms with Gasteiger partial charge in [0.05, 0.1) is 12.0 Å². The number of allylic oxidation sites excluding steroid dienone is 2. The summed E-state index contributed by atoms with van der Waals surface area (Å²) in [6, 6.07) is 0. The summed E-state index contributed by atoms with van der Waals surface area (Å²) in [6.07, 6.45) is 2.44. The van der Waals surface area contributed by atoms with E-state index in [9.17, 15) is 19.2 Å². The molecule has 0 bridgehead atoms. The highest BCUT2D eigenvalue weighted by molar-refractivity contribution is 5.68. The summed E-state index contributed by atoms with van der Waals surface area (Å²) in [4.78, 5) is 49.7. The quantitative estimate of drug-likeness (QED) is 0.583. The van der Waals surface area contributed by atoms with Gasteiger partial charge >= 0.3 is 23.0 Å². The normalized spacial score (nSPS) is 11.0. The second-order valence-corrected chi connectivity index (χ2v) is 4.31. The molecule has 0 radical (unpaired) electrons. The molecule has 1 heterocycles. The molecule has 0 unspecified atom stereocenters. The zero-order valence-electron chi connectivity index (χ0n) is 10.7. The number of rotatable bonds is 7. The fourth-order valence-corrected chi connectivity index (χ4v) is 2.17. The van der Waals surface area contributed by atoms with E-state index in [4.69, 9.17) is 5.11 Å². The highest BCUT2D eigenvalue weighted by atomic mass is 16.4. The molecule has 0 aliphatic rings. The molecule has 8 nitrogen and oxygen atoms in total. The van der Waals surface area contributed by atoms with Gasteiger partial charge in [0.25, 0.3) is 0 Å². The molecule has 0 aromatic carbocycles. The lowest BCUT2D eigenvalue weighted by Crippen LogP contribution is -2.54. The van der Waals surface area contributed by atoms with Crippen LogP contribution in [0.1, 0.15) is 19.3 Å². The van der Waals surface area contributed by atoms with E-state index in [1.54, 1.807) is 0 Å². The summed E-state index contributed by atoms with van der Waals surface area (Å²) in [5, 5.41) is 9.03. The molecule has 8 heteroatoms. The maximum absolute atomic E-state index is 11.9. The van der Waals surface area contributed by atoms with E-state index in [0.29, 0.717) is 4.57 Å². The van der Waals surface area contributed by atoms with Crippen molar-refractivity contribution in [2.75, 3.05) is 0 Å². The van der Waals surface area contributed by atoms with Gasteiger partial charge in [-0.15, -0.1) is 13.2 Å². The Bertz CT molecular complexity index is 650. The fourth-order valence-electron chi connectivity index (χ4n) is 2.17. The van der Waals surface area contributed by atoms with E-state index in [0.717, 1.165) is 0 Å². The van der Waals surface area contributed by atoms with Crippen molar-refractivity contribution in [2.24, 2.45) is 0 Å². The number of carboxylic acids is 1. The molecule has 0 spiro atoms. The van der Waals surface area contributed by atoms with Crippen LogP contribution in [0.2, 0.25) is 0 Å². The van der Waals surface area contributed by atoms with E-state index in [1.807, 2.05) is 9.97 Å². The number of hydrogen-bond acceptors (Lipinski definition) is 4. The molecule has 0 saturated carbocycles. The number of aromatic nitrogens is 3. The zero-order chi connectivity index (χ0) is 15.3. The van der Waals surface area contributed by atoms with Crippen LogP contribution >= 0.6 is 0 Å². The Balaban J connectivity index is 3.66. The molecular weight excluding hydrogens is 266 g/mol. The molecule has 0 fully saturated rings. The SMILES string of the molecule is C=CCC(CC=C)(CC(=O)O)n1c(=O)[nH]c(=O)[nH]c1=O. The highest BCUT2D eigenvalue weighted by Gasteiger charge is 2.35. The number of aliphatic carboxylic acids is 1. The Labute approximate surface area is 113 Å². The van der Waals surface area contributed by atoms with E-state index >= 15 is 0 Å². The van der Waals surface area contributed by atoms with E-state index in [-0.39, 0.29) is 12.8 Å². The summed E-state index contributed by atoms with van der Waals surface area (Å²) < 4.78 is 0.700. The van der Waals surface area contributed by atoms with Gasteiger partial charge in [-0.3, -0.25) is 14.8 Å². The summed E-state index contributed by atoms with van der Waals surface area (Å²) in [7, 11) is 0. The van der Waals surface area contributed by atoms with Crippen LogP contribution in [0.5, 0.6) is 0 Å². The first kappa shape index (κ1) is 15.4. The number of hydrogen-bond donors (Lipinski definition) is 3. The lowest BCUT2D eigenvalue weighted by molar-refractivity contribution is -0.139. The topological polar surface area (TPSA) is 125 Å². The summed E-state index contributed by atoms with van der Waals surface area (Å²) >= 11 is 0. The van der Waals surface area contributed by atoms with Gasteiger partial charge in [0.1, 0.15) is 0 Å². The van der Waals surface area contributed by atoms with Gasteiger partial charge in [0.2, 0.25) is 0 Å². The summed E-state index contributed by atoms with van der Waals surface area (Å²) in [6.45, 7) is 7.02. The van der Waals surface area contributed by atoms with Crippen molar-refractivity contribution in [1.29, 1.82) is 0 Å². The summed E-state index contributed by atoms with van der Waals surface area (Å²) in [5.41, 5.74) is -4.24. The fraction of sp³-hybridized carbons (Fsp3) is 0.333. The first-order valence-electron chi connectivity index (χ1n) is 5.76. The average Bonchev–Trinajstić information content (AvgIpc) is 2.26. The van der Waals surface area contributed by atoms with Crippen molar-refractivity contribution >= 4 is 5.97 Å². The second-order valence-electron chi connectivity index (χ2n) is 4.31. The third kappa shape index (κ3) is 3.02. The molecule has 0 amide bonds. The van der Waals surface area contributed by atoms with E-state index < -0.39 is 35.0 Å². The Kier molecular flexibility index (Phi) is 4.63. The Morgan fingerprint density at radius 2 is 1.60 bits per heavy atom. The van der Waals surface area contributed by atoms with Gasteiger partial charge in [-0.25, -0.2) is 19.0 Å². The van der Waals surface area contributed by atoms with Crippen molar-refractivity contribution in [1.82, 2.24) is 14.5 Å². The first-order valence-corrected chi connectivity index (χ1v) is 5.76. The maximum Gasteiger partial charge on any atom is 0.334 e. The predicted octanol–water partition coefficient (Wildman–Crippen LogP) is -0.453. The van der Waals surface area contributed by atoms with Crippen LogP contribution in [0.15, 0.2) is 39.7 Å². The molecule has 0 aliphatic carbocycles. The first-order chi connectivity index (χ1) is 9.36. The minimum Gasteiger partial charge on any atom is -0.481 e. The van der Waals surface area contributed by atoms with Crippen LogP contribution < -0.4 is 17.1 Å². The van der Waals surface area contributed by atoms with Crippen molar-refractivity contribution in [2.45, 2.75) is 24.8 Å².